The first-order valence-corrected chi connectivity index (χ1v) is 11.1. The van der Waals surface area contributed by atoms with Gasteiger partial charge < -0.3 is 9.47 Å². The maximum absolute atomic E-state index is 13.5. The van der Waals surface area contributed by atoms with Gasteiger partial charge in [0.05, 0.1) is 29.0 Å². The number of hydrogen-bond acceptors (Lipinski definition) is 7. The Kier molecular flexibility index (Phi) is 6.31. The Hall–Kier alpha value is -3.49. The average molecular weight is 483 g/mol. The molecule has 4 rings (SSSR count). The average Bonchev–Trinajstić information content (AvgIpc) is 3.08. The van der Waals surface area contributed by atoms with E-state index in [2.05, 4.69) is 4.99 Å². The normalized spacial score (nSPS) is 15.6. The summed E-state index contributed by atoms with van der Waals surface area (Å²) < 4.78 is 12.1. The van der Waals surface area contributed by atoms with Crippen molar-refractivity contribution in [2.45, 2.75) is 19.9 Å². The van der Waals surface area contributed by atoms with Crippen LogP contribution in [0.15, 0.2) is 69.6 Å². The summed E-state index contributed by atoms with van der Waals surface area (Å²) in [6.45, 7) is 3.02. The maximum Gasteiger partial charge on any atom is 0.338 e. The summed E-state index contributed by atoms with van der Waals surface area (Å²) in [5.41, 5.74) is 1.92. The first-order valence-electron chi connectivity index (χ1n) is 9.93. The summed E-state index contributed by atoms with van der Waals surface area (Å²) in [4.78, 5) is 42.4. The van der Waals surface area contributed by atoms with Crippen molar-refractivity contribution in [1.29, 1.82) is 0 Å². The van der Waals surface area contributed by atoms with E-state index >= 15 is 0 Å². The van der Waals surface area contributed by atoms with Crippen molar-refractivity contribution in [3.05, 3.63) is 95.6 Å². The number of halogens is 1. The summed E-state index contributed by atoms with van der Waals surface area (Å²) in [7, 11) is 1.29. The Balaban J connectivity index is 1.90. The standard InChI is InChI=1S/C24H19ClN2O5S/c1-13-20(23(30)31-3)21(16-6-10-18(11-7-16)32-14(2)28)27-22(29)19(33-24(27)26-13)12-15-4-8-17(25)9-5-15/h4-12,21H,1-3H3/b19-12+. The summed E-state index contributed by atoms with van der Waals surface area (Å²) in [6, 6.07) is 13.0. The van der Waals surface area contributed by atoms with Gasteiger partial charge in [0.1, 0.15) is 5.75 Å². The van der Waals surface area contributed by atoms with Crippen LogP contribution in [0.3, 0.4) is 0 Å². The lowest BCUT2D eigenvalue weighted by molar-refractivity contribution is -0.136. The minimum Gasteiger partial charge on any atom is -0.466 e. The minimum atomic E-state index is -0.743. The van der Waals surface area contributed by atoms with Gasteiger partial charge in [-0.15, -0.1) is 0 Å². The molecule has 2 aromatic carbocycles. The third-order valence-corrected chi connectivity index (χ3v) is 6.29. The highest BCUT2D eigenvalue weighted by molar-refractivity contribution is 7.07. The molecule has 0 radical (unpaired) electrons. The molecule has 0 saturated heterocycles. The summed E-state index contributed by atoms with van der Waals surface area (Å²) in [5, 5.41) is 0.601. The molecule has 7 nitrogen and oxygen atoms in total. The van der Waals surface area contributed by atoms with Crippen LogP contribution in [-0.2, 0) is 14.3 Å². The number of esters is 2. The molecule has 2 heterocycles. The fourth-order valence-corrected chi connectivity index (χ4v) is 4.78. The number of ether oxygens (including phenoxy) is 2. The molecule has 1 unspecified atom stereocenters. The monoisotopic (exact) mass is 482 g/mol. The van der Waals surface area contributed by atoms with E-state index in [9.17, 15) is 14.4 Å². The van der Waals surface area contributed by atoms with Crippen molar-refractivity contribution in [2.24, 2.45) is 4.99 Å². The van der Waals surface area contributed by atoms with Crippen LogP contribution in [0.25, 0.3) is 6.08 Å². The lowest BCUT2D eigenvalue weighted by atomic mass is 9.96. The van der Waals surface area contributed by atoms with Crippen LogP contribution in [-0.4, -0.2) is 23.6 Å². The molecule has 168 valence electrons. The van der Waals surface area contributed by atoms with Gasteiger partial charge in [0.15, 0.2) is 4.80 Å². The third-order valence-electron chi connectivity index (χ3n) is 5.05. The van der Waals surface area contributed by atoms with Crippen LogP contribution in [0, 0.1) is 0 Å². The second-order valence-electron chi connectivity index (χ2n) is 7.29. The molecule has 3 aromatic rings. The van der Waals surface area contributed by atoms with E-state index in [0.717, 1.165) is 5.56 Å². The number of allylic oxidation sites excluding steroid dienone is 1. The van der Waals surface area contributed by atoms with Crippen molar-refractivity contribution in [3.8, 4) is 5.75 Å². The number of carbonyl (C=O) groups excluding carboxylic acids is 2. The number of aromatic nitrogens is 1. The van der Waals surface area contributed by atoms with E-state index in [1.165, 1.54) is 29.9 Å². The molecule has 0 bridgehead atoms. The number of nitrogens with zero attached hydrogens (tertiary/aromatic N) is 2. The van der Waals surface area contributed by atoms with Crippen molar-refractivity contribution in [1.82, 2.24) is 4.57 Å². The number of rotatable bonds is 4. The number of thiazole rings is 1. The van der Waals surface area contributed by atoms with E-state index in [1.54, 1.807) is 49.4 Å². The van der Waals surface area contributed by atoms with Crippen LogP contribution >= 0.6 is 22.9 Å². The van der Waals surface area contributed by atoms with Gasteiger partial charge in [0.25, 0.3) is 5.56 Å². The van der Waals surface area contributed by atoms with Crippen molar-refractivity contribution < 1.29 is 19.1 Å². The third kappa shape index (κ3) is 4.53. The Bertz CT molecular complexity index is 1450. The molecule has 0 amide bonds. The molecule has 0 saturated carbocycles. The minimum absolute atomic E-state index is 0.267. The van der Waals surface area contributed by atoms with Gasteiger partial charge in [-0.1, -0.05) is 47.2 Å². The van der Waals surface area contributed by atoms with E-state index in [0.29, 0.717) is 31.4 Å². The molecule has 0 aliphatic carbocycles. The largest absolute Gasteiger partial charge is 0.466 e. The highest BCUT2D eigenvalue weighted by Gasteiger charge is 2.33. The quantitative estimate of drug-likeness (QED) is 0.421. The molecule has 1 aliphatic rings. The van der Waals surface area contributed by atoms with Crippen molar-refractivity contribution in [3.63, 3.8) is 0 Å². The van der Waals surface area contributed by atoms with E-state index in [-0.39, 0.29) is 11.1 Å². The lowest BCUT2D eigenvalue weighted by Gasteiger charge is -2.24. The number of methoxy groups -OCH3 is 1. The zero-order valence-corrected chi connectivity index (χ0v) is 19.6. The first-order chi connectivity index (χ1) is 15.8. The van der Waals surface area contributed by atoms with E-state index in [1.807, 2.05) is 12.1 Å². The fraction of sp³-hybridized carbons (Fsp3) is 0.167. The summed E-state index contributed by atoms with van der Waals surface area (Å²) in [5.74, 6) is -0.650. The van der Waals surface area contributed by atoms with E-state index < -0.39 is 18.0 Å². The second-order valence-corrected chi connectivity index (χ2v) is 8.73. The fourth-order valence-electron chi connectivity index (χ4n) is 3.60. The van der Waals surface area contributed by atoms with Gasteiger partial charge in [-0.05, 0) is 48.4 Å². The lowest BCUT2D eigenvalue weighted by Crippen LogP contribution is -2.39. The van der Waals surface area contributed by atoms with Gasteiger partial charge in [-0.2, -0.15) is 0 Å². The van der Waals surface area contributed by atoms with Gasteiger partial charge in [-0.3, -0.25) is 14.2 Å². The molecule has 33 heavy (non-hydrogen) atoms. The van der Waals surface area contributed by atoms with Gasteiger partial charge in [-0.25, -0.2) is 9.79 Å². The molecule has 0 fully saturated rings. The summed E-state index contributed by atoms with van der Waals surface area (Å²) >= 11 is 7.20. The Morgan fingerprint density at radius 2 is 1.79 bits per heavy atom. The van der Waals surface area contributed by atoms with E-state index in [4.69, 9.17) is 21.1 Å². The first kappa shape index (κ1) is 22.7. The predicted molar refractivity (Wildman–Crippen MR) is 125 cm³/mol. The molecule has 1 atom stereocenters. The van der Waals surface area contributed by atoms with Crippen molar-refractivity contribution >= 4 is 41.0 Å². The zero-order valence-electron chi connectivity index (χ0n) is 18.0. The van der Waals surface area contributed by atoms with Crippen molar-refractivity contribution in [2.75, 3.05) is 7.11 Å². The molecule has 0 N–H and O–H groups in total. The van der Waals surface area contributed by atoms with Crippen LogP contribution in [0.1, 0.15) is 31.0 Å². The van der Waals surface area contributed by atoms with Gasteiger partial charge in [0.2, 0.25) is 0 Å². The molecule has 1 aliphatic heterocycles. The van der Waals surface area contributed by atoms with Gasteiger partial charge >= 0.3 is 11.9 Å². The SMILES string of the molecule is COC(=O)C1=C(C)N=c2s/c(=C/c3ccc(Cl)cc3)c(=O)n2C1c1ccc(OC(C)=O)cc1. The Morgan fingerprint density at radius 3 is 2.39 bits per heavy atom. The number of carbonyl (C=O) groups is 2. The van der Waals surface area contributed by atoms with Crippen LogP contribution in [0.4, 0.5) is 0 Å². The topological polar surface area (TPSA) is 87.0 Å². The Labute approximate surface area is 197 Å². The molecule has 1 aromatic heterocycles. The zero-order chi connectivity index (χ0) is 23.7. The molecule has 0 spiro atoms. The molecular formula is C24H19ClN2O5S. The smallest absolute Gasteiger partial charge is 0.338 e. The highest BCUT2D eigenvalue weighted by Crippen LogP contribution is 2.31. The number of hydrogen-bond donors (Lipinski definition) is 0. The number of benzene rings is 2. The van der Waals surface area contributed by atoms with Crippen LogP contribution < -0.4 is 19.6 Å². The van der Waals surface area contributed by atoms with Gasteiger partial charge in [0, 0.05) is 11.9 Å². The maximum atomic E-state index is 13.5. The second kappa shape index (κ2) is 9.17. The number of fused-ring (bicyclic) bond motifs is 1. The van der Waals surface area contributed by atoms with Crippen LogP contribution in [0.2, 0.25) is 5.02 Å². The highest BCUT2D eigenvalue weighted by atomic mass is 35.5. The summed E-state index contributed by atoms with van der Waals surface area (Å²) in [6.07, 6.45) is 1.76. The predicted octanol–water partition coefficient (Wildman–Crippen LogP) is 2.99. The Morgan fingerprint density at radius 1 is 1.12 bits per heavy atom. The molecule has 9 heteroatoms. The van der Waals surface area contributed by atoms with Crippen LogP contribution in [0.5, 0.6) is 5.75 Å². The molecular weight excluding hydrogens is 464 g/mol.